The molecule has 0 spiro atoms. The zero-order chi connectivity index (χ0) is 17.4. The van der Waals surface area contributed by atoms with E-state index in [0.717, 1.165) is 18.2 Å². The molecule has 1 N–H and O–H groups in total. The fourth-order valence-corrected chi connectivity index (χ4v) is 2.54. The van der Waals surface area contributed by atoms with E-state index in [4.69, 9.17) is 4.74 Å². The Morgan fingerprint density at radius 3 is 2.21 bits per heavy atom. The fraction of sp³-hybridized carbons (Fsp3) is 0.0588. The molecule has 0 fully saturated rings. The molecule has 0 bridgehead atoms. The average molecular weight is 325 g/mol. The fourth-order valence-electron chi connectivity index (χ4n) is 2.54. The lowest BCUT2D eigenvalue weighted by molar-refractivity contribution is -0.385. The van der Waals surface area contributed by atoms with Gasteiger partial charge in [-0.2, -0.15) is 0 Å². The van der Waals surface area contributed by atoms with E-state index in [-0.39, 0.29) is 39.4 Å². The number of carbonyl (C=O) groups is 2. The van der Waals surface area contributed by atoms with Crippen molar-refractivity contribution in [1.82, 2.24) is 0 Å². The lowest BCUT2D eigenvalue weighted by atomic mass is 10.0. The number of ketones is 2. The molecule has 0 heterocycles. The average Bonchev–Trinajstić information content (AvgIpc) is 2.81. The zero-order valence-electron chi connectivity index (χ0n) is 12.5. The lowest BCUT2D eigenvalue weighted by Gasteiger charge is -2.06. The Morgan fingerprint density at radius 1 is 1.12 bits per heavy atom. The molecular formula is C17H11NO6. The molecule has 0 atom stereocenters. The summed E-state index contributed by atoms with van der Waals surface area (Å²) in [5, 5.41) is 21.1. The first kappa shape index (κ1) is 15.4. The lowest BCUT2D eigenvalue weighted by Crippen LogP contribution is -2.01. The number of allylic oxidation sites excluding steroid dienone is 1. The molecule has 24 heavy (non-hydrogen) atoms. The van der Waals surface area contributed by atoms with E-state index < -0.39 is 16.5 Å². The van der Waals surface area contributed by atoms with E-state index in [0.29, 0.717) is 0 Å². The molecule has 7 heteroatoms. The minimum absolute atomic E-state index is 0.0365. The summed E-state index contributed by atoms with van der Waals surface area (Å²) in [4.78, 5) is 35.1. The standard InChI is InChI=1S/C17H11NO6/c1-24-14-8-10(18(22)23)6-9(15(14)19)7-13-16(20)11-4-2-3-5-12(11)17(13)21/h2-8,19H,1H3. The Morgan fingerprint density at radius 2 is 1.71 bits per heavy atom. The normalized spacial score (nSPS) is 13.0. The van der Waals surface area contributed by atoms with E-state index in [1.54, 1.807) is 12.1 Å². The molecule has 0 amide bonds. The summed E-state index contributed by atoms with van der Waals surface area (Å²) < 4.78 is 4.90. The Kier molecular flexibility index (Phi) is 3.61. The second-order valence-electron chi connectivity index (χ2n) is 5.10. The summed E-state index contributed by atoms with van der Waals surface area (Å²) in [7, 11) is 1.25. The van der Waals surface area contributed by atoms with Crippen LogP contribution in [0.2, 0.25) is 0 Å². The first-order valence-corrected chi connectivity index (χ1v) is 6.89. The van der Waals surface area contributed by atoms with E-state index in [1.165, 1.54) is 19.2 Å². The van der Waals surface area contributed by atoms with Crippen LogP contribution in [0.5, 0.6) is 11.5 Å². The number of nitrogens with zero attached hydrogens (tertiary/aromatic N) is 1. The molecule has 0 aromatic heterocycles. The van der Waals surface area contributed by atoms with Crippen LogP contribution in [-0.4, -0.2) is 28.7 Å². The number of Topliss-reactive ketones (excluding diaryl/α,β-unsaturated/α-hetero) is 2. The number of aromatic hydroxyl groups is 1. The van der Waals surface area contributed by atoms with Crippen molar-refractivity contribution in [1.29, 1.82) is 0 Å². The SMILES string of the molecule is COc1cc([N+](=O)[O-])cc(C=C2C(=O)c3ccccc3C2=O)c1O. The van der Waals surface area contributed by atoms with Crippen LogP contribution in [0, 0.1) is 10.1 Å². The van der Waals surface area contributed by atoms with E-state index in [2.05, 4.69) is 0 Å². The highest BCUT2D eigenvalue weighted by molar-refractivity contribution is 6.41. The second-order valence-corrected chi connectivity index (χ2v) is 5.10. The molecule has 2 aromatic rings. The minimum atomic E-state index is -0.656. The summed E-state index contributed by atoms with van der Waals surface area (Å²) >= 11 is 0. The van der Waals surface area contributed by atoms with Crippen LogP contribution in [-0.2, 0) is 0 Å². The van der Waals surface area contributed by atoms with Gasteiger partial charge in [-0.3, -0.25) is 19.7 Å². The van der Waals surface area contributed by atoms with Gasteiger partial charge in [0, 0.05) is 22.8 Å². The van der Waals surface area contributed by atoms with E-state index >= 15 is 0 Å². The topological polar surface area (TPSA) is 107 Å². The third-order valence-electron chi connectivity index (χ3n) is 3.73. The van der Waals surface area contributed by atoms with Crippen LogP contribution in [0.25, 0.3) is 6.08 Å². The van der Waals surface area contributed by atoms with Gasteiger partial charge in [0.05, 0.1) is 23.7 Å². The zero-order valence-corrected chi connectivity index (χ0v) is 12.5. The Bertz CT molecular complexity index is 892. The van der Waals surface area contributed by atoms with Crippen molar-refractivity contribution in [3.05, 3.63) is 68.8 Å². The third kappa shape index (κ3) is 2.32. The van der Waals surface area contributed by atoms with Gasteiger partial charge in [0.25, 0.3) is 5.69 Å². The number of carbonyl (C=O) groups excluding carboxylic acids is 2. The molecule has 0 aliphatic heterocycles. The van der Waals surface area contributed by atoms with Gasteiger partial charge in [-0.15, -0.1) is 0 Å². The predicted molar refractivity (Wildman–Crippen MR) is 84.4 cm³/mol. The highest BCUT2D eigenvalue weighted by atomic mass is 16.6. The molecule has 7 nitrogen and oxygen atoms in total. The van der Waals surface area contributed by atoms with Gasteiger partial charge in [0.2, 0.25) is 0 Å². The summed E-state index contributed by atoms with van der Waals surface area (Å²) in [5.41, 5.74) is 0.0165. The van der Waals surface area contributed by atoms with E-state index in [9.17, 15) is 24.8 Å². The Labute approximate surface area is 136 Å². The van der Waals surface area contributed by atoms with Crippen LogP contribution in [0.4, 0.5) is 5.69 Å². The largest absolute Gasteiger partial charge is 0.504 e. The summed E-state index contributed by atoms with van der Waals surface area (Å²) in [5.74, 6) is -1.47. The van der Waals surface area contributed by atoms with Crippen LogP contribution in [0.1, 0.15) is 26.3 Å². The highest BCUT2D eigenvalue weighted by Gasteiger charge is 2.33. The van der Waals surface area contributed by atoms with Gasteiger partial charge < -0.3 is 9.84 Å². The Balaban J connectivity index is 2.16. The monoisotopic (exact) mass is 325 g/mol. The maximum atomic E-state index is 12.4. The van der Waals surface area contributed by atoms with Gasteiger partial charge >= 0.3 is 0 Å². The van der Waals surface area contributed by atoms with Gasteiger partial charge in [-0.1, -0.05) is 24.3 Å². The van der Waals surface area contributed by atoms with Crippen molar-refractivity contribution >= 4 is 23.3 Å². The number of benzene rings is 2. The number of ether oxygens (including phenoxy) is 1. The molecule has 0 radical (unpaired) electrons. The van der Waals surface area contributed by atoms with Crippen molar-refractivity contribution in [2.24, 2.45) is 0 Å². The molecule has 0 saturated carbocycles. The van der Waals surface area contributed by atoms with E-state index in [1.807, 2.05) is 0 Å². The van der Waals surface area contributed by atoms with Gasteiger partial charge in [0.15, 0.2) is 23.1 Å². The van der Waals surface area contributed by atoms with Crippen LogP contribution < -0.4 is 4.74 Å². The number of phenols is 1. The Hall–Kier alpha value is -3.48. The van der Waals surface area contributed by atoms with Crippen molar-refractivity contribution in [3.8, 4) is 11.5 Å². The summed E-state index contributed by atoms with van der Waals surface area (Å²) in [6.45, 7) is 0. The molecule has 0 saturated heterocycles. The third-order valence-corrected chi connectivity index (χ3v) is 3.73. The summed E-state index contributed by atoms with van der Waals surface area (Å²) in [6.07, 6.45) is 1.15. The van der Waals surface area contributed by atoms with Crippen LogP contribution in [0.15, 0.2) is 42.0 Å². The number of nitro groups is 1. The molecule has 0 unspecified atom stereocenters. The minimum Gasteiger partial charge on any atom is -0.504 e. The maximum Gasteiger partial charge on any atom is 0.274 e. The molecule has 2 aromatic carbocycles. The van der Waals surface area contributed by atoms with Crippen molar-refractivity contribution in [2.45, 2.75) is 0 Å². The first-order chi connectivity index (χ1) is 11.4. The first-order valence-electron chi connectivity index (χ1n) is 6.89. The number of nitro benzene ring substituents is 1. The van der Waals surface area contributed by atoms with Gasteiger partial charge in [0.1, 0.15) is 0 Å². The van der Waals surface area contributed by atoms with Gasteiger partial charge in [-0.25, -0.2) is 0 Å². The summed E-state index contributed by atoms with van der Waals surface area (Å²) in [6, 6.07) is 8.48. The number of rotatable bonds is 3. The van der Waals surface area contributed by atoms with Gasteiger partial charge in [-0.05, 0) is 6.08 Å². The molecule has 3 rings (SSSR count). The van der Waals surface area contributed by atoms with Crippen LogP contribution >= 0.6 is 0 Å². The molecular weight excluding hydrogens is 314 g/mol. The van der Waals surface area contributed by atoms with Crippen LogP contribution in [0.3, 0.4) is 0 Å². The maximum absolute atomic E-state index is 12.4. The number of hydrogen-bond donors (Lipinski definition) is 1. The number of non-ortho nitro benzene ring substituents is 1. The predicted octanol–water partition coefficient (Wildman–Crippen LogP) is 2.77. The number of hydrogen-bond acceptors (Lipinski definition) is 6. The van der Waals surface area contributed by atoms with Crippen molar-refractivity contribution < 1.29 is 24.4 Å². The number of methoxy groups -OCH3 is 1. The smallest absolute Gasteiger partial charge is 0.274 e. The van der Waals surface area contributed by atoms with Crippen molar-refractivity contribution in [2.75, 3.05) is 7.11 Å². The molecule has 1 aliphatic rings. The highest BCUT2D eigenvalue weighted by Crippen LogP contribution is 2.37. The van der Waals surface area contributed by atoms with Crippen molar-refractivity contribution in [3.63, 3.8) is 0 Å². The second kappa shape index (κ2) is 5.62. The quantitative estimate of drug-likeness (QED) is 0.402. The number of phenolic OH excluding ortho intramolecular Hbond substituents is 1. The number of fused-ring (bicyclic) bond motifs is 1. The molecule has 1 aliphatic carbocycles. The molecule has 120 valence electrons.